The summed E-state index contributed by atoms with van der Waals surface area (Å²) in [5.74, 6) is 0.341. The Bertz CT molecular complexity index is 1560. The summed E-state index contributed by atoms with van der Waals surface area (Å²) < 4.78 is 26.9. The Kier molecular flexibility index (Phi) is 11.7. The number of hydrogen-bond donors (Lipinski definition) is 2. The molecular weight excluding hydrogens is 583 g/mol. The van der Waals surface area contributed by atoms with Gasteiger partial charge in [0.05, 0.1) is 18.4 Å². The van der Waals surface area contributed by atoms with Crippen LogP contribution in [0.2, 0.25) is 0 Å². The van der Waals surface area contributed by atoms with Crippen molar-refractivity contribution in [1.82, 2.24) is 4.98 Å². The first-order valence-corrected chi connectivity index (χ1v) is 15.2. The predicted octanol–water partition coefficient (Wildman–Crippen LogP) is 5.54. The number of rotatable bonds is 14. The van der Waals surface area contributed by atoms with Crippen molar-refractivity contribution < 1.29 is 38.6 Å². The van der Waals surface area contributed by atoms with Crippen molar-refractivity contribution >= 4 is 14.1 Å². The van der Waals surface area contributed by atoms with E-state index in [1.54, 1.807) is 57.2 Å². The SMILES string of the molecule is Cc1ncc(COc2ccccc2O[P+]([O-])=N[C@@H](Cc2ccc(OCc3ccccc3)cc2)C(=O)OC(C)C)c(CO)c1O. The normalized spacial score (nSPS) is 12.1. The Morgan fingerprint density at radius 3 is 2.30 bits per heavy atom. The van der Waals surface area contributed by atoms with Gasteiger partial charge in [-0.1, -0.05) is 59.3 Å². The molecule has 1 heterocycles. The first kappa shape index (κ1) is 32.4. The number of esters is 1. The molecule has 0 aliphatic carbocycles. The largest absolute Gasteiger partial charge is 0.575 e. The zero-order valence-electron chi connectivity index (χ0n) is 24.8. The molecule has 2 atom stereocenters. The molecule has 2 N–H and O–H groups in total. The number of aromatic hydroxyl groups is 1. The Balaban J connectivity index is 1.46. The number of nitrogens with zero attached hydrogens (tertiary/aromatic N) is 2. The number of aryl methyl sites for hydroxylation is 1. The molecule has 44 heavy (non-hydrogen) atoms. The van der Waals surface area contributed by atoms with Gasteiger partial charge in [0.25, 0.3) is 0 Å². The summed E-state index contributed by atoms with van der Waals surface area (Å²) >= 11 is 0. The average Bonchev–Trinajstić information content (AvgIpc) is 3.01. The van der Waals surface area contributed by atoms with Crippen LogP contribution in [0, 0.1) is 6.92 Å². The second-order valence-corrected chi connectivity index (χ2v) is 11.0. The number of carbonyl (C=O) groups is 1. The van der Waals surface area contributed by atoms with Gasteiger partial charge in [-0.25, -0.2) is 4.79 Å². The smallest absolute Gasteiger partial charge is 0.395 e. The second-order valence-electron chi connectivity index (χ2n) is 10.2. The molecule has 10 nitrogen and oxygen atoms in total. The van der Waals surface area contributed by atoms with E-state index < -0.39 is 26.8 Å². The van der Waals surface area contributed by atoms with Crippen LogP contribution in [0.3, 0.4) is 0 Å². The molecule has 3 aromatic carbocycles. The molecule has 0 spiro atoms. The number of ether oxygens (including phenoxy) is 3. The van der Waals surface area contributed by atoms with Crippen molar-refractivity contribution in [2.45, 2.75) is 59.2 Å². The van der Waals surface area contributed by atoms with Crippen molar-refractivity contribution in [3.63, 3.8) is 0 Å². The molecule has 0 amide bonds. The molecule has 0 aliphatic heterocycles. The Morgan fingerprint density at radius 2 is 1.61 bits per heavy atom. The van der Waals surface area contributed by atoms with Crippen LogP contribution in [0.1, 0.15) is 41.8 Å². The molecule has 0 saturated carbocycles. The van der Waals surface area contributed by atoms with Crippen molar-refractivity contribution in [2.24, 2.45) is 4.74 Å². The summed E-state index contributed by atoms with van der Waals surface area (Å²) in [5, 5.41) is 19.9. The highest BCUT2D eigenvalue weighted by Crippen LogP contribution is 2.35. The number of pyridine rings is 1. The summed E-state index contributed by atoms with van der Waals surface area (Å²) in [4.78, 5) is 30.1. The third-order valence-electron chi connectivity index (χ3n) is 6.46. The molecule has 230 valence electrons. The monoisotopic (exact) mass is 618 g/mol. The lowest BCUT2D eigenvalue weighted by Crippen LogP contribution is -2.26. The van der Waals surface area contributed by atoms with Crippen molar-refractivity contribution in [3.05, 3.63) is 113 Å². The lowest BCUT2D eigenvalue weighted by molar-refractivity contribution is -0.170. The minimum atomic E-state index is -2.71. The fourth-order valence-electron chi connectivity index (χ4n) is 4.17. The molecule has 0 aliphatic rings. The number of para-hydroxylation sites is 2. The molecular formula is C33H35N2O8P. The van der Waals surface area contributed by atoms with Crippen LogP contribution in [0.5, 0.6) is 23.0 Å². The van der Waals surface area contributed by atoms with Gasteiger partial charge < -0.3 is 29.3 Å². The van der Waals surface area contributed by atoms with Crippen molar-refractivity contribution in [1.29, 1.82) is 0 Å². The maximum atomic E-state index is 13.1. The Labute approximate surface area is 257 Å². The van der Waals surface area contributed by atoms with Crippen LogP contribution < -0.4 is 18.9 Å². The average molecular weight is 619 g/mol. The van der Waals surface area contributed by atoms with Crippen LogP contribution in [-0.2, 0) is 35.8 Å². The molecule has 0 bridgehead atoms. The number of aliphatic hydroxyl groups is 1. The van der Waals surface area contributed by atoms with E-state index in [0.29, 0.717) is 29.2 Å². The molecule has 0 fully saturated rings. The maximum absolute atomic E-state index is 13.1. The third kappa shape index (κ3) is 9.25. The number of carbonyl (C=O) groups excluding carboxylic acids is 1. The van der Waals surface area contributed by atoms with Gasteiger partial charge in [-0.2, -0.15) is 0 Å². The summed E-state index contributed by atoms with van der Waals surface area (Å²) in [7, 11) is -2.71. The van der Waals surface area contributed by atoms with Gasteiger partial charge in [0.2, 0.25) is 5.75 Å². The minimum absolute atomic E-state index is 0.0422. The fraction of sp³-hybridized carbons (Fsp3) is 0.273. The molecule has 4 aromatic rings. The van der Waals surface area contributed by atoms with E-state index in [2.05, 4.69) is 9.73 Å². The first-order chi connectivity index (χ1) is 21.2. The lowest BCUT2D eigenvalue weighted by Gasteiger charge is -2.14. The van der Waals surface area contributed by atoms with E-state index in [1.165, 1.54) is 6.20 Å². The highest BCUT2D eigenvalue weighted by molar-refractivity contribution is 7.34. The summed E-state index contributed by atoms with van der Waals surface area (Å²) in [5.41, 5.74) is 2.99. The lowest BCUT2D eigenvalue weighted by atomic mass is 10.1. The van der Waals surface area contributed by atoms with Crippen LogP contribution >= 0.6 is 8.17 Å². The molecule has 4 rings (SSSR count). The van der Waals surface area contributed by atoms with Gasteiger partial charge in [0.1, 0.15) is 24.7 Å². The van der Waals surface area contributed by atoms with E-state index in [0.717, 1.165) is 11.1 Å². The zero-order chi connectivity index (χ0) is 31.5. The van der Waals surface area contributed by atoms with Gasteiger partial charge in [-0.05, 0) is 56.2 Å². The first-order valence-electron chi connectivity index (χ1n) is 14.0. The van der Waals surface area contributed by atoms with Gasteiger partial charge in [0.15, 0.2) is 11.8 Å². The van der Waals surface area contributed by atoms with E-state index in [1.807, 2.05) is 42.5 Å². The van der Waals surface area contributed by atoms with Crippen LogP contribution in [0.15, 0.2) is 89.8 Å². The summed E-state index contributed by atoms with van der Waals surface area (Å²) in [6.45, 7) is 5.07. The third-order valence-corrected chi connectivity index (χ3v) is 7.28. The summed E-state index contributed by atoms with van der Waals surface area (Å²) in [6.07, 6.45) is 1.26. The van der Waals surface area contributed by atoms with Crippen molar-refractivity contribution in [3.8, 4) is 23.0 Å². The maximum Gasteiger partial charge on any atom is 0.395 e. The van der Waals surface area contributed by atoms with E-state index in [4.69, 9.17) is 18.7 Å². The van der Waals surface area contributed by atoms with Gasteiger partial charge in [-0.3, -0.25) is 9.51 Å². The number of hydrogen-bond acceptors (Lipinski definition) is 10. The Morgan fingerprint density at radius 1 is 0.932 bits per heavy atom. The summed E-state index contributed by atoms with van der Waals surface area (Å²) in [6, 6.07) is 22.5. The van der Waals surface area contributed by atoms with Crippen LogP contribution in [0.4, 0.5) is 0 Å². The molecule has 0 radical (unpaired) electrons. The topological polar surface area (TPSA) is 143 Å². The highest BCUT2D eigenvalue weighted by Gasteiger charge is 2.26. The van der Waals surface area contributed by atoms with E-state index in [9.17, 15) is 19.9 Å². The number of aliphatic hydroxyl groups excluding tert-OH is 1. The van der Waals surface area contributed by atoms with E-state index >= 15 is 0 Å². The quantitative estimate of drug-likeness (QED) is 0.137. The zero-order valence-corrected chi connectivity index (χ0v) is 25.6. The van der Waals surface area contributed by atoms with E-state index in [-0.39, 0.29) is 36.4 Å². The van der Waals surface area contributed by atoms with Gasteiger partial charge in [0, 0.05) is 23.7 Å². The highest BCUT2D eigenvalue weighted by atomic mass is 31.1. The standard InChI is InChI=1S/C33H35N2O8P/c1-22(2)42-33(38)29(17-24-13-15-27(16-14-24)40-20-25-9-5-4-6-10-25)35-44(39)43-31-12-8-7-11-30(31)41-21-26-18-34-23(3)32(37)28(26)19-36/h4-16,18,22,29,36-37H,17,19-21H2,1-3H3/t29-/m0/s1. The van der Waals surface area contributed by atoms with Crippen molar-refractivity contribution in [2.75, 3.05) is 0 Å². The van der Waals surface area contributed by atoms with Gasteiger partial charge >= 0.3 is 14.1 Å². The predicted molar refractivity (Wildman–Crippen MR) is 163 cm³/mol. The minimum Gasteiger partial charge on any atom is -0.575 e. The molecule has 1 unspecified atom stereocenters. The van der Waals surface area contributed by atoms with Crippen LogP contribution in [0.25, 0.3) is 0 Å². The number of aromatic nitrogens is 1. The number of benzene rings is 3. The molecule has 0 saturated heterocycles. The van der Waals surface area contributed by atoms with Gasteiger partial charge in [-0.15, -0.1) is 0 Å². The van der Waals surface area contributed by atoms with Crippen LogP contribution in [-0.4, -0.2) is 33.3 Å². The Hall–Kier alpha value is -4.50. The molecule has 11 heteroatoms. The second kappa shape index (κ2) is 15.8. The molecule has 1 aromatic heterocycles. The fourth-order valence-corrected chi connectivity index (χ4v) is 4.94.